The van der Waals surface area contributed by atoms with Gasteiger partial charge in [0.2, 0.25) is 5.88 Å². The third-order valence-corrected chi connectivity index (χ3v) is 4.27. The lowest BCUT2D eigenvalue weighted by atomic mass is 10.1. The topological polar surface area (TPSA) is 104 Å². The highest BCUT2D eigenvalue weighted by atomic mass is 16.6. The van der Waals surface area contributed by atoms with Gasteiger partial charge in [-0.05, 0) is 42.7 Å². The molecule has 1 N–H and O–H groups in total. The summed E-state index contributed by atoms with van der Waals surface area (Å²) in [6.45, 7) is 3.87. The molecule has 3 aromatic rings. The number of amides is 1. The highest BCUT2D eigenvalue weighted by Gasteiger charge is 2.14. The van der Waals surface area contributed by atoms with Gasteiger partial charge in [-0.2, -0.15) is 0 Å². The lowest BCUT2D eigenvalue weighted by Crippen LogP contribution is -2.28. The summed E-state index contributed by atoms with van der Waals surface area (Å²) in [4.78, 5) is 26.7. The van der Waals surface area contributed by atoms with Gasteiger partial charge in [0.1, 0.15) is 5.75 Å². The fraction of sp³-hybridized carbons (Fsp3) is 0.182. The van der Waals surface area contributed by atoms with E-state index in [1.807, 2.05) is 32.0 Å². The van der Waals surface area contributed by atoms with Crippen LogP contribution < -0.4 is 14.8 Å². The lowest BCUT2D eigenvalue weighted by Gasteiger charge is -2.10. The van der Waals surface area contributed by atoms with Gasteiger partial charge in [0.15, 0.2) is 12.4 Å². The summed E-state index contributed by atoms with van der Waals surface area (Å²) >= 11 is 0. The number of nitrogens with zero attached hydrogens (tertiary/aromatic N) is 2. The predicted octanol–water partition coefficient (Wildman–Crippen LogP) is 4.09. The molecule has 1 aromatic heterocycles. The molecule has 0 unspecified atom stereocenters. The van der Waals surface area contributed by atoms with Gasteiger partial charge in [0.05, 0.1) is 4.92 Å². The van der Waals surface area contributed by atoms with Crippen molar-refractivity contribution in [3.63, 3.8) is 0 Å². The Morgan fingerprint density at radius 3 is 2.63 bits per heavy atom. The van der Waals surface area contributed by atoms with Crippen LogP contribution in [0.15, 0.2) is 60.8 Å². The van der Waals surface area contributed by atoms with Crippen LogP contribution in [0.25, 0.3) is 0 Å². The Labute approximate surface area is 173 Å². The van der Waals surface area contributed by atoms with Crippen molar-refractivity contribution in [1.29, 1.82) is 0 Å². The number of aromatic nitrogens is 1. The summed E-state index contributed by atoms with van der Waals surface area (Å²) < 4.78 is 11.1. The first-order valence-electron chi connectivity index (χ1n) is 9.25. The van der Waals surface area contributed by atoms with Crippen LogP contribution in [0.4, 0.5) is 5.69 Å². The largest absolute Gasteiger partial charge is 0.477 e. The number of para-hydroxylation sites is 2. The van der Waals surface area contributed by atoms with Gasteiger partial charge in [-0.15, -0.1) is 0 Å². The molecule has 154 valence electrons. The summed E-state index contributed by atoms with van der Waals surface area (Å²) in [5.41, 5.74) is 2.70. The van der Waals surface area contributed by atoms with Crippen molar-refractivity contribution < 1.29 is 19.2 Å². The van der Waals surface area contributed by atoms with Gasteiger partial charge in [-0.3, -0.25) is 14.9 Å². The van der Waals surface area contributed by atoms with Crippen LogP contribution in [0.5, 0.6) is 17.4 Å². The number of pyridine rings is 1. The second-order valence-electron chi connectivity index (χ2n) is 6.67. The molecule has 0 atom stereocenters. The first-order valence-corrected chi connectivity index (χ1v) is 9.25. The van der Waals surface area contributed by atoms with Crippen molar-refractivity contribution in [2.45, 2.75) is 20.4 Å². The number of carbonyl (C=O) groups is 1. The first kappa shape index (κ1) is 20.8. The van der Waals surface area contributed by atoms with E-state index in [-0.39, 0.29) is 24.6 Å². The molecule has 0 spiro atoms. The van der Waals surface area contributed by atoms with Gasteiger partial charge in [0.25, 0.3) is 5.91 Å². The number of benzene rings is 2. The number of rotatable bonds is 8. The van der Waals surface area contributed by atoms with Crippen LogP contribution in [0.3, 0.4) is 0 Å². The molecule has 0 aliphatic heterocycles. The van der Waals surface area contributed by atoms with Gasteiger partial charge in [-0.1, -0.05) is 30.3 Å². The Morgan fingerprint density at radius 2 is 1.90 bits per heavy atom. The normalized spacial score (nSPS) is 10.3. The maximum absolute atomic E-state index is 12.0. The van der Waals surface area contributed by atoms with Crippen LogP contribution in [0, 0.1) is 24.0 Å². The predicted molar refractivity (Wildman–Crippen MR) is 111 cm³/mol. The fourth-order valence-electron chi connectivity index (χ4n) is 2.63. The van der Waals surface area contributed by atoms with Crippen LogP contribution in [-0.2, 0) is 11.3 Å². The van der Waals surface area contributed by atoms with E-state index in [1.54, 1.807) is 24.4 Å². The molecule has 0 radical (unpaired) electrons. The Hall–Kier alpha value is -3.94. The molecule has 0 aliphatic carbocycles. The van der Waals surface area contributed by atoms with Crippen LogP contribution >= 0.6 is 0 Å². The highest BCUT2D eigenvalue weighted by molar-refractivity contribution is 5.77. The number of hydrogen-bond acceptors (Lipinski definition) is 6. The molecule has 0 aliphatic rings. The molecule has 3 rings (SSSR count). The summed E-state index contributed by atoms with van der Waals surface area (Å²) in [6, 6.07) is 15.4. The maximum Gasteiger partial charge on any atom is 0.310 e. The Kier molecular flexibility index (Phi) is 6.59. The zero-order chi connectivity index (χ0) is 21.5. The zero-order valence-corrected chi connectivity index (χ0v) is 16.6. The van der Waals surface area contributed by atoms with E-state index in [0.29, 0.717) is 5.88 Å². The summed E-state index contributed by atoms with van der Waals surface area (Å²) in [7, 11) is 0. The second-order valence-corrected chi connectivity index (χ2v) is 6.67. The summed E-state index contributed by atoms with van der Waals surface area (Å²) in [5.74, 6) is 0.852. The Morgan fingerprint density at radius 1 is 1.10 bits per heavy atom. The number of nitrogens with one attached hydrogen (secondary N) is 1. The minimum absolute atomic E-state index is 0.0484. The van der Waals surface area contributed by atoms with E-state index in [4.69, 9.17) is 9.47 Å². The number of nitro benzene ring substituents is 1. The van der Waals surface area contributed by atoms with Gasteiger partial charge in [-0.25, -0.2) is 4.98 Å². The first-order chi connectivity index (χ1) is 14.4. The summed E-state index contributed by atoms with van der Waals surface area (Å²) in [6.07, 6.45) is 1.61. The Balaban J connectivity index is 1.51. The third-order valence-electron chi connectivity index (χ3n) is 4.27. The standard InChI is InChI=1S/C22H21N3O5/c1-15-7-8-16(2)20(11-15)30-22-10-9-17(13-24-22)12-23-21(26)14-29-19-6-4-3-5-18(19)25(27)28/h3-11,13H,12,14H2,1-2H3,(H,23,26). The molecule has 1 amide bonds. The molecular formula is C22H21N3O5. The smallest absolute Gasteiger partial charge is 0.310 e. The zero-order valence-electron chi connectivity index (χ0n) is 16.6. The quantitative estimate of drug-likeness (QED) is 0.445. The molecular weight excluding hydrogens is 386 g/mol. The van der Waals surface area contributed by atoms with E-state index < -0.39 is 10.8 Å². The van der Waals surface area contributed by atoms with Crippen molar-refractivity contribution in [1.82, 2.24) is 10.3 Å². The average Bonchev–Trinajstić information content (AvgIpc) is 2.74. The number of nitro groups is 1. The molecule has 8 heteroatoms. The average molecular weight is 407 g/mol. The second kappa shape index (κ2) is 9.51. The number of ether oxygens (including phenoxy) is 2. The monoisotopic (exact) mass is 407 g/mol. The van der Waals surface area contributed by atoms with Gasteiger partial charge < -0.3 is 14.8 Å². The van der Waals surface area contributed by atoms with Crippen molar-refractivity contribution >= 4 is 11.6 Å². The minimum Gasteiger partial charge on any atom is -0.477 e. The van der Waals surface area contributed by atoms with Crippen LogP contribution in [-0.4, -0.2) is 22.4 Å². The van der Waals surface area contributed by atoms with Gasteiger partial charge >= 0.3 is 5.69 Å². The molecule has 0 saturated heterocycles. The Bertz CT molecular complexity index is 1050. The highest BCUT2D eigenvalue weighted by Crippen LogP contribution is 2.26. The van der Waals surface area contributed by atoms with E-state index >= 15 is 0 Å². The van der Waals surface area contributed by atoms with Crippen molar-refractivity contribution in [3.05, 3.63) is 87.6 Å². The summed E-state index contributed by atoms with van der Waals surface area (Å²) in [5, 5.41) is 13.7. The van der Waals surface area contributed by atoms with Crippen LogP contribution in [0.1, 0.15) is 16.7 Å². The third kappa shape index (κ3) is 5.54. The minimum atomic E-state index is -0.555. The van der Waals surface area contributed by atoms with E-state index in [2.05, 4.69) is 10.3 Å². The molecule has 8 nitrogen and oxygen atoms in total. The lowest BCUT2D eigenvalue weighted by molar-refractivity contribution is -0.385. The molecule has 1 heterocycles. The number of carbonyl (C=O) groups excluding carboxylic acids is 1. The molecule has 0 saturated carbocycles. The number of aryl methyl sites for hydroxylation is 2. The number of hydrogen-bond donors (Lipinski definition) is 1. The van der Waals surface area contributed by atoms with Crippen molar-refractivity contribution in [2.75, 3.05) is 6.61 Å². The van der Waals surface area contributed by atoms with Crippen molar-refractivity contribution in [3.8, 4) is 17.4 Å². The SMILES string of the molecule is Cc1ccc(C)c(Oc2ccc(CNC(=O)COc3ccccc3[N+](=O)[O-])cn2)c1. The van der Waals surface area contributed by atoms with E-state index in [9.17, 15) is 14.9 Å². The van der Waals surface area contributed by atoms with Crippen molar-refractivity contribution in [2.24, 2.45) is 0 Å². The van der Waals surface area contributed by atoms with Gasteiger partial charge in [0, 0.05) is 24.9 Å². The van der Waals surface area contributed by atoms with E-state index in [1.165, 1.54) is 18.2 Å². The van der Waals surface area contributed by atoms with E-state index in [0.717, 1.165) is 22.4 Å². The molecule has 30 heavy (non-hydrogen) atoms. The fourth-order valence-corrected chi connectivity index (χ4v) is 2.63. The molecule has 0 fully saturated rings. The maximum atomic E-state index is 12.0. The molecule has 0 bridgehead atoms. The molecule has 2 aromatic carbocycles. The van der Waals surface area contributed by atoms with Crippen LogP contribution in [0.2, 0.25) is 0 Å².